The van der Waals surface area contributed by atoms with Crippen molar-refractivity contribution in [3.8, 4) is 0 Å². The van der Waals surface area contributed by atoms with Gasteiger partial charge in [-0.25, -0.2) is 15.0 Å². The average molecular weight is 334 g/mol. The number of fused-ring (bicyclic) bond motifs is 1. The van der Waals surface area contributed by atoms with Crippen LogP contribution < -0.4 is 5.73 Å². The van der Waals surface area contributed by atoms with Gasteiger partial charge in [-0.3, -0.25) is 0 Å². The molecular formula is C19H22N6. The normalized spacial score (nSPS) is 12.6. The van der Waals surface area contributed by atoms with Crippen molar-refractivity contribution in [2.75, 3.05) is 0 Å². The zero-order valence-corrected chi connectivity index (χ0v) is 14.9. The van der Waals surface area contributed by atoms with E-state index < -0.39 is 0 Å². The molecule has 0 atom stereocenters. The van der Waals surface area contributed by atoms with Crippen molar-refractivity contribution in [1.82, 2.24) is 14.5 Å². The highest BCUT2D eigenvalue weighted by Gasteiger charge is 2.11. The Morgan fingerprint density at radius 1 is 1.28 bits per heavy atom. The van der Waals surface area contributed by atoms with Gasteiger partial charge in [0.1, 0.15) is 12.2 Å². The molecule has 0 saturated carbocycles. The summed E-state index contributed by atoms with van der Waals surface area (Å²) in [5, 5.41) is 1.20. The Balaban J connectivity index is 1.91. The van der Waals surface area contributed by atoms with Crippen LogP contribution in [0.5, 0.6) is 0 Å². The van der Waals surface area contributed by atoms with Gasteiger partial charge in [0.25, 0.3) is 5.95 Å². The predicted octanol–water partition coefficient (Wildman–Crippen LogP) is 3.47. The van der Waals surface area contributed by atoms with Gasteiger partial charge in [0.15, 0.2) is 0 Å². The summed E-state index contributed by atoms with van der Waals surface area (Å²) in [6, 6.07) is 7.94. The summed E-state index contributed by atoms with van der Waals surface area (Å²) in [6.07, 6.45) is 5.23. The summed E-state index contributed by atoms with van der Waals surface area (Å²) in [5.74, 6) is 1.23. The molecule has 0 aliphatic heterocycles. The fourth-order valence-corrected chi connectivity index (χ4v) is 2.76. The average Bonchev–Trinajstić information content (AvgIpc) is 2.91. The van der Waals surface area contributed by atoms with Gasteiger partial charge in [-0.05, 0) is 42.7 Å². The molecule has 128 valence electrons. The number of hydrogen-bond acceptors (Lipinski definition) is 3. The first kappa shape index (κ1) is 16.8. The lowest BCUT2D eigenvalue weighted by Crippen LogP contribution is -2.13. The maximum atomic E-state index is 6.12. The number of benzene rings is 1. The van der Waals surface area contributed by atoms with E-state index in [0.29, 0.717) is 17.7 Å². The molecule has 2 aromatic heterocycles. The Hall–Kier alpha value is -3.02. The third-order valence-corrected chi connectivity index (χ3v) is 4.09. The quantitative estimate of drug-likeness (QED) is 0.586. The molecule has 0 bridgehead atoms. The van der Waals surface area contributed by atoms with E-state index in [9.17, 15) is 0 Å². The molecule has 2 heterocycles. The topological polar surface area (TPSA) is 81.5 Å². The van der Waals surface area contributed by atoms with E-state index in [1.807, 2.05) is 19.1 Å². The third kappa shape index (κ3) is 3.57. The maximum absolute atomic E-state index is 6.12. The van der Waals surface area contributed by atoms with Crippen LogP contribution >= 0.6 is 0 Å². The van der Waals surface area contributed by atoms with Crippen LogP contribution in [0.15, 0.2) is 46.6 Å². The van der Waals surface area contributed by atoms with Crippen molar-refractivity contribution in [2.24, 2.45) is 22.8 Å². The highest BCUT2D eigenvalue weighted by Crippen LogP contribution is 2.27. The van der Waals surface area contributed by atoms with Crippen molar-refractivity contribution in [3.63, 3.8) is 0 Å². The van der Waals surface area contributed by atoms with E-state index in [2.05, 4.69) is 63.7 Å². The summed E-state index contributed by atoms with van der Waals surface area (Å²) < 4.78 is 2.14. The molecule has 0 saturated heterocycles. The summed E-state index contributed by atoms with van der Waals surface area (Å²) >= 11 is 0. The van der Waals surface area contributed by atoms with Crippen LogP contribution in [0.3, 0.4) is 0 Å². The first-order chi connectivity index (χ1) is 12.0. The highest BCUT2D eigenvalue weighted by molar-refractivity contribution is 6.04. The van der Waals surface area contributed by atoms with Crippen LogP contribution in [0.25, 0.3) is 10.9 Å². The fourth-order valence-electron chi connectivity index (χ4n) is 2.76. The minimum atomic E-state index is 0.372. The third-order valence-electron chi connectivity index (χ3n) is 4.09. The van der Waals surface area contributed by atoms with Gasteiger partial charge < -0.3 is 10.3 Å². The molecule has 0 spiro atoms. The molecule has 0 amide bonds. The molecule has 1 aromatic carbocycles. The number of aryl methyl sites for hydroxylation is 2. The van der Waals surface area contributed by atoms with E-state index in [1.165, 1.54) is 22.8 Å². The fraction of sp³-hybridized carbons (Fsp3) is 0.263. The number of amidine groups is 1. The standard InChI is InChI=1S/C19H22N6/c1-12(2)16-10-25(4)17-6-5-14(9-15(16)17)18(20)22-11-23-19-21-8-7-13(3)24-19/h5-12H,1-4H3,(H2,20,21,22,23,24). The largest absolute Gasteiger partial charge is 0.383 e. The van der Waals surface area contributed by atoms with Crippen LogP contribution in [0, 0.1) is 6.92 Å². The molecule has 25 heavy (non-hydrogen) atoms. The van der Waals surface area contributed by atoms with Crippen molar-refractivity contribution >= 4 is 29.0 Å². The Morgan fingerprint density at radius 3 is 2.80 bits per heavy atom. The lowest BCUT2D eigenvalue weighted by atomic mass is 10.0. The van der Waals surface area contributed by atoms with E-state index in [1.54, 1.807) is 6.20 Å². The monoisotopic (exact) mass is 334 g/mol. The van der Waals surface area contributed by atoms with Crippen molar-refractivity contribution in [2.45, 2.75) is 26.7 Å². The van der Waals surface area contributed by atoms with E-state index in [-0.39, 0.29) is 0 Å². The molecular weight excluding hydrogens is 312 g/mol. The lowest BCUT2D eigenvalue weighted by Gasteiger charge is -2.04. The van der Waals surface area contributed by atoms with Gasteiger partial charge in [-0.1, -0.05) is 13.8 Å². The number of rotatable bonds is 4. The second-order valence-corrected chi connectivity index (χ2v) is 6.34. The first-order valence-corrected chi connectivity index (χ1v) is 8.20. The molecule has 6 heteroatoms. The summed E-state index contributed by atoms with van der Waals surface area (Å²) in [7, 11) is 2.06. The van der Waals surface area contributed by atoms with E-state index in [0.717, 1.165) is 11.3 Å². The Kier molecular flexibility index (Phi) is 4.61. The van der Waals surface area contributed by atoms with Gasteiger partial charge in [-0.2, -0.15) is 4.99 Å². The zero-order chi connectivity index (χ0) is 18.0. The first-order valence-electron chi connectivity index (χ1n) is 8.20. The number of aromatic nitrogens is 3. The smallest absolute Gasteiger partial charge is 0.251 e. The molecule has 0 unspecified atom stereocenters. The Morgan fingerprint density at radius 2 is 2.08 bits per heavy atom. The minimum absolute atomic E-state index is 0.372. The van der Waals surface area contributed by atoms with E-state index >= 15 is 0 Å². The van der Waals surface area contributed by atoms with Crippen LogP contribution in [-0.4, -0.2) is 26.7 Å². The van der Waals surface area contributed by atoms with Gasteiger partial charge in [0, 0.05) is 41.6 Å². The predicted molar refractivity (Wildman–Crippen MR) is 103 cm³/mol. The van der Waals surface area contributed by atoms with Crippen LogP contribution in [0.2, 0.25) is 0 Å². The van der Waals surface area contributed by atoms with Crippen molar-refractivity contribution < 1.29 is 0 Å². The van der Waals surface area contributed by atoms with Gasteiger partial charge >= 0.3 is 0 Å². The minimum Gasteiger partial charge on any atom is -0.383 e. The molecule has 6 nitrogen and oxygen atoms in total. The molecule has 3 aromatic rings. The van der Waals surface area contributed by atoms with Crippen LogP contribution in [-0.2, 0) is 7.05 Å². The number of aliphatic imine (C=N–C) groups is 2. The summed E-state index contributed by atoms with van der Waals surface area (Å²) in [4.78, 5) is 16.6. The molecule has 0 aliphatic carbocycles. The second-order valence-electron chi connectivity index (χ2n) is 6.34. The van der Waals surface area contributed by atoms with Gasteiger partial charge in [-0.15, -0.1) is 0 Å². The maximum Gasteiger partial charge on any atom is 0.251 e. The summed E-state index contributed by atoms with van der Waals surface area (Å²) in [5.41, 5.74) is 10.3. The van der Waals surface area contributed by atoms with Crippen LogP contribution in [0.1, 0.15) is 36.6 Å². The molecule has 0 aliphatic rings. The molecule has 3 rings (SSSR count). The van der Waals surface area contributed by atoms with Gasteiger partial charge in [0.05, 0.1) is 0 Å². The number of nitrogens with zero attached hydrogens (tertiary/aromatic N) is 5. The summed E-state index contributed by atoms with van der Waals surface area (Å²) in [6.45, 7) is 6.26. The molecule has 0 radical (unpaired) electrons. The molecule has 2 N–H and O–H groups in total. The SMILES string of the molecule is Cc1ccnc(/N=C/N=C(N)c2ccc3c(c2)c(C(C)C)cn3C)n1. The number of nitrogens with two attached hydrogens (primary N) is 1. The van der Waals surface area contributed by atoms with Gasteiger partial charge in [0.2, 0.25) is 0 Å². The highest BCUT2D eigenvalue weighted by atomic mass is 15.1. The second kappa shape index (κ2) is 6.84. The zero-order valence-electron chi connectivity index (χ0n) is 14.9. The Labute approximate surface area is 147 Å². The van der Waals surface area contributed by atoms with Crippen LogP contribution in [0.4, 0.5) is 5.95 Å². The van der Waals surface area contributed by atoms with E-state index in [4.69, 9.17) is 5.73 Å². The Bertz CT molecular complexity index is 965. The number of hydrogen-bond donors (Lipinski definition) is 1. The van der Waals surface area contributed by atoms with Crippen molar-refractivity contribution in [1.29, 1.82) is 0 Å². The lowest BCUT2D eigenvalue weighted by molar-refractivity contribution is 0.857. The molecule has 0 fully saturated rings. The van der Waals surface area contributed by atoms with Crippen molar-refractivity contribution in [3.05, 3.63) is 53.5 Å².